The first-order valence-corrected chi connectivity index (χ1v) is 4.59. The Morgan fingerprint density at radius 3 is 2.85 bits per heavy atom. The second-order valence-electron chi connectivity index (χ2n) is 3.31. The lowest BCUT2D eigenvalue weighted by Crippen LogP contribution is -2.27. The Kier molecular flexibility index (Phi) is 3.12. The molecule has 0 radical (unpaired) electrons. The van der Waals surface area contributed by atoms with Crippen LogP contribution in [0.15, 0.2) is 18.3 Å². The summed E-state index contributed by atoms with van der Waals surface area (Å²) in [5.74, 6) is 0.577. The smallest absolute Gasteiger partial charge is 0.125 e. The maximum atomic E-state index is 5.60. The van der Waals surface area contributed by atoms with E-state index in [1.54, 1.807) is 6.20 Å². The van der Waals surface area contributed by atoms with Gasteiger partial charge < -0.3 is 10.6 Å². The van der Waals surface area contributed by atoms with E-state index in [0.717, 1.165) is 12.1 Å². The van der Waals surface area contributed by atoms with E-state index >= 15 is 0 Å². The first-order chi connectivity index (χ1) is 6.15. The maximum absolute atomic E-state index is 5.60. The molecule has 0 bridgehead atoms. The molecule has 0 saturated heterocycles. The first kappa shape index (κ1) is 9.84. The summed E-state index contributed by atoms with van der Waals surface area (Å²) >= 11 is 0. The number of aromatic nitrogens is 1. The third-order valence-electron chi connectivity index (χ3n) is 2.42. The molecule has 1 heterocycles. The normalized spacial score (nSPS) is 12.5. The van der Waals surface area contributed by atoms with Crippen molar-refractivity contribution in [1.29, 1.82) is 0 Å². The van der Waals surface area contributed by atoms with E-state index in [9.17, 15) is 0 Å². The Morgan fingerprint density at radius 2 is 2.31 bits per heavy atom. The van der Waals surface area contributed by atoms with E-state index in [1.165, 1.54) is 0 Å². The Hall–Kier alpha value is -1.25. The second kappa shape index (κ2) is 4.12. The van der Waals surface area contributed by atoms with Crippen molar-refractivity contribution in [2.45, 2.75) is 26.3 Å². The van der Waals surface area contributed by atoms with E-state index in [1.807, 2.05) is 12.1 Å². The lowest BCUT2D eigenvalue weighted by molar-refractivity contribution is 0.664. The highest BCUT2D eigenvalue weighted by Gasteiger charge is 2.07. The fraction of sp³-hybridized carbons (Fsp3) is 0.500. The highest BCUT2D eigenvalue weighted by atomic mass is 15.1. The molecule has 1 atom stereocenters. The Labute approximate surface area is 79.6 Å². The standard InChI is InChI=1S/C10H17N3/c1-4-8(2)13(3)9-5-6-12-10(11)7-9/h5-8H,4H2,1-3H3,(H2,11,12). The highest BCUT2D eigenvalue weighted by molar-refractivity contribution is 5.51. The zero-order valence-corrected chi connectivity index (χ0v) is 8.49. The largest absolute Gasteiger partial charge is 0.384 e. The zero-order chi connectivity index (χ0) is 9.84. The van der Waals surface area contributed by atoms with Crippen LogP contribution in [0.2, 0.25) is 0 Å². The lowest BCUT2D eigenvalue weighted by atomic mass is 10.2. The van der Waals surface area contributed by atoms with Gasteiger partial charge in [-0.1, -0.05) is 6.92 Å². The zero-order valence-electron chi connectivity index (χ0n) is 8.49. The second-order valence-corrected chi connectivity index (χ2v) is 3.31. The molecule has 0 saturated carbocycles. The van der Waals surface area contributed by atoms with Gasteiger partial charge in [0.25, 0.3) is 0 Å². The van der Waals surface area contributed by atoms with Crippen LogP contribution in [0.25, 0.3) is 0 Å². The van der Waals surface area contributed by atoms with Gasteiger partial charge in [0, 0.05) is 31.0 Å². The topological polar surface area (TPSA) is 42.2 Å². The van der Waals surface area contributed by atoms with Gasteiger partial charge in [0.2, 0.25) is 0 Å². The summed E-state index contributed by atoms with van der Waals surface area (Å²) < 4.78 is 0. The predicted molar refractivity (Wildman–Crippen MR) is 56.8 cm³/mol. The Morgan fingerprint density at radius 1 is 1.62 bits per heavy atom. The van der Waals surface area contributed by atoms with Crippen LogP contribution in [-0.2, 0) is 0 Å². The molecule has 2 N–H and O–H groups in total. The summed E-state index contributed by atoms with van der Waals surface area (Å²) in [6.45, 7) is 4.36. The lowest BCUT2D eigenvalue weighted by Gasteiger charge is -2.25. The van der Waals surface area contributed by atoms with Crippen molar-refractivity contribution >= 4 is 11.5 Å². The van der Waals surface area contributed by atoms with Crippen LogP contribution >= 0.6 is 0 Å². The third kappa shape index (κ3) is 2.34. The minimum atomic E-state index is 0.529. The summed E-state index contributed by atoms with van der Waals surface area (Å²) in [5, 5.41) is 0. The molecule has 1 rings (SSSR count). The predicted octanol–water partition coefficient (Wildman–Crippen LogP) is 1.90. The molecule has 1 aromatic rings. The molecule has 72 valence electrons. The number of nitrogens with zero attached hydrogens (tertiary/aromatic N) is 2. The van der Waals surface area contributed by atoms with Crippen LogP contribution in [0.1, 0.15) is 20.3 Å². The number of nitrogens with two attached hydrogens (primary N) is 1. The molecule has 0 aliphatic heterocycles. The molecular formula is C10H17N3. The van der Waals surface area contributed by atoms with Gasteiger partial charge in [-0.25, -0.2) is 4.98 Å². The van der Waals surface area contributed by atoms with Gasteiger partial charge in [0.05, 0.1) is 0 Å². The number of pyridine rings is 1. The SMILES string of the molecule is CCC(C)N(C)c1ccnc(N)c1. The van der Waals surface area contributed by atoms with Crippen molar-refractivity contribution in [2.24, 2.45) is 0 Å². The van der Waals surface area contributed by atoms with Crippen molar-refractivity contribution < 1.29 is 0 Å². The Balaban J connectivity index is 2.82. The summed E-state index contributed by atoms with van der Waals surface area (Å²) in [7, 11) is 2.07. The Bertz CT molecular complexity index is 273. The van der Waals surface area contributed by atoms with Crippen molar-refractivity contribution in [1.82, 2.24) is 4.98 Å². The van der Waals surface area contributed by atoms with E-state index in [4.69, 9.17) is 5.73 Å². The quantitative estimate of drug-likeness (QED) is 0.770. The fourth-order valence-electron chi connectivity index (χ4n) is 1.18. The average Bonchev–Trinajstić information content (AvgIpc) is 2.15. The van der Waals surface area contributed by atoms with Gasteiger partial charge in [-0.2, -0.15) is 0 Å². The number of hydrogen-bond donors (Lipinski definition) is 1. The molecule has 3 nitrogen and oxygen atoms in total. The molecule has 0 amide bonds. The molecule has 0 aromatic carbocycles. The minimum absolute atomic E-state index is 0.529. The molecule has 0 aliphatic rings. The number of nitrogen functional groups attached to an aromatic ring is 1. The van der Waals surface area contributed by atoms with Gasteiger partial charge in [0.15, 0.2) is 0 Å². The van der Waals surface area contributed by atoms with E-state index in [2.05, 4.69) is 30.8 Å². The highest BCUT2D eigenvalue weighted by Crippen LogP contribution is 2.17. The van der Waals surface area contributed by atoms with Crippen LogP contribution in [0.4, 0.5) is 11.5 Å². The summed E-state index contributed by atoms with van der Waals surface area (Å²) in [6.07, 6.45) is 2.86. The summed E-state index contributed by atoms with van der Waals surface area (Å²) in [6, 6.07) is 4.40. The number of hydrogen-bond acceptors (Lipinski definition) is 3. The van der Waals surface area contributed by atoms with Crippen molar-refractivity contribution in [3.63, 3.8) is 0 Å². The molecule has 13 heavy (non-hydrogen) atoms. The number of rotatable bonds is 3. The molecule has 1 unspecified atom stereocenters. The molecule has 1 aromatic heterocycles. The fourth-order valence-corrected chi connectivity index (χ4v) is 1.18. The van der Waals surface area contributed by atoms with Gasteiger partial charge in [-0.3, -0.25) is 0 Å². The molecule has 0 fully saturated rings. The minimum Gasteiger partial charge on any atom is -0.384 e. The molecule has 0 aliphatic carbocycles. The number of anilines is 2. The summed E-state index contributed by atoms with van der Waals surface area (Å²) in [5.41, 5.74) is 6.73. The van der Waals surface area contributed by atoms with Crippen molar-refractivity contribution in [3.8, 4) is 0 Å². The van der Waals surface area contributed by atoms with Gasteiger partial charge in [-0.15, -0.1) is 0 Å². The van der Waals surface area contributed by atoms with Gasteiger partial charge >= 0.3 is 0 Å². The molecular weight excluding hydrogens is 162 g/mol. The van der Waals surface area contributed by atoms with Crippen LogP contribution in [0, 0.1) is 0 Å². The van der Waals surface area contributed by atoms with Crippen LogP contribution in [0.5, 0.6) is 0 Å². The molecule has 0 spiro atoms. The molecule has 3 heteroatoms. The van der Waals surface area contributed by atoms with Crippen molar-refractivity contribution in [3.05, 3.63) is 18.3 Å². The maximum Gasteiger partial charge on any atom is 0.125 e. The van der Waals surface area contributed by atoms with E-state index < -0.39 is 0 Å². The van der Waals surface area contributed by atoms with Gasteiger partial charge in [0.1, 0.15) is 5.82 Å². The summed E-state index contributed by atoms with van der Waals surface area (Å²) in [4.78, 5) is 6.16. The monoisotopic (exact) mass is 179 g/mol. The van der Waals surface area contributed by atoms with E-state index in [0.29, 0.717) is 11.9 Å². The van der Waals surface area contributed by atoms with Crippen molar-refractivity contribution in [2.75, 3.05) is 17.7 Å². The van der Waals surface area contributed by atoms with E-state index in [-0.39, 0.29) is 0 Å². The van der Waals surface area contributed by atoms with Crippen LogP contribution in [0.3, 0.4) is 0 Å². The average molecular weight is 179 g/mol. The van der Waals surface area contributed by atoms with Crippen LogP contribution in [-0.4, -0.2) is 18.1 Å². The van der Waals surface area contributed by atoms with Crippen LogP contribution < -0.4 is 10.6 Å². The van der Waals surface area contributed by atoms with Gasteiger partial charge in [-0.05, 0) is 19.4 Å². The first-order valence-electron chi connectivity index (χ1n) is 4.59. The third-order valence-corrected chi connectivity index (χ3v) is 2.42.